The van der Waals surface area contributed by atoms with Crippen molar-refractivity contribution in [1.29, 1.82) is 0 Å². The summed E-state index contributed by atoms with van der Waals surface area (Å²) in [6.07, 6.45) is 8.57. The lowest BCUT2D eigenvalue weighted by Gasteiger charge is -2.49. The average Bonchev–Trinajstić information content (AvgIpc) is 3.25. The summed E-state index contributed by atoms with van der Waals surface area (Å²) in [6, 6.07) is 11.0. The van der Waals surface area contributed by atoms with Crippen molar-refractivity contribution in [3.8, 4) is 5.69 Å². The highest BCUT2D eigenvalue weighted by molar-refractivity contribution is 5.92. The molecule has 1 saturated carbocycles. The summed E-state index contributed by atoms with van der Waals surface area (Å²) in [4.78, 5) is 21.4. The van der Waals surface area contributed by atoms with Gasteiger partial charge < -0.3 is 4.90 Å². The molecule has 0 unspecified atom stereocenters. The van der Waals surface area contributed by atoms with Gasteiger partial charge in [-0.05, 0) is 25.0 Å². The normalized spacial score (nSPS) is 22.6. The molecule has 0 radical (unpaired) electrons. The molecule has 29 heavy (non-hydrogen) atoms. The van der Waals surface area contributed by atoms with Gasteiger partial charge in [-0.2, -0.15) is 9.90 Å². The summed E-state index contributed by atoms with van der Waals surface area (Å²) < 4.78 is 0. The zero-order valence-electron chi connectivity index (χ0n) is 17.0. The van der Waals surface area contributed by atoms with Crippen LogP contribution in [0.5, 0.6) is 0 Å². The van der Waals surface area contributed by atoms with Crippen molar-refractivity contribution in [2.45, 2.75) is 44.2 Å². The van der Waals surface area contributed by atoms with E-state index in [1.54, 1.807) is 6.20 Å². The summed E-state index contributed by atoms with van der Waals surface area (Å²) in [5.74, 6) is -0.00993. The maximum atomic E-state index is 12.7. The van der Waals surface area contributed by atoms with E-state index in [1.807, 2.05) is 35.2 Å². The van der Waals surface area contributed by atoms with Gasteiger partial charge in [-0.25, -0.2) is 0 Å². The van der Waals surface area contributed by atoms with E-state index in [4.69, 9.17) is 0 Å². The lowest BCUT2D eigenvalue weighted by molar-refractivity contribution is -0.00289. The Hall–Kier alpha value is -2.25. The van der Waals surface area contributed by atoms with E-state index in [0.29, 0.717) is 11.7 Å². The number of hydrogen-bond acceptors (Lipinski definition) is 5. The van der Waals surface area contributed by atoms with Crippen LogP contribution in [0, 0.1) is 0 Å². The molecule has 1 aliphatic carbocycles. The fourth-order valence-corrected chi connectivity index (χ4v) is 4.97. The smallest absolute Gasteiger partial charge is 0.276 e. The maximum Gasteiger partial charge on any atom is 0.276 e. The van der Waals surface area contributed by atoms with Crippen molar-refractivity contribution < 1.29 is 4.79 Å². The number of amides is 1. The minimum absolute atomic E-state index is 0.00993. The molecule has 3 aliphatic rings. The Kier molecular flexibility index (Phi) is 5.33. The zero-order chi connectivity index (χ0) is 19.6. The van der Waals surface area contributed by atoms with Crippen LogP contribution >= 0.6 is 0 Å². The second-order valence-corrected chi connectivity index (χ2v) is 8.58. The molecule has 154 valence electrons. The predicted octanol–water partition coefficient (Wildman–Crippen LogP) is 2.04. The molecule has 7 heteroatoms. The van der Waals surface area contributed by atoms with E-state index in [9.17, 15) is 4.79 Å². The molecule has 2 aliphatic heterocycles. The first-order chi connectivity index (χ1) is 14.3. The first-order valence-corrected chi connectivity index (χ1v) is 11.0. The molecule has 1 amide bonds. The van der Waals surface area contributed by atoms with Crippen LogP contribution in [0.3, 0.4) is 0 Å². The number of para-hydroxylation sites is 1. The van der Waals surface area contributed by atoms with Gasteiger partial charge in [0, 0.05) is 51.4 Å². The molecule has 3 heterocycles. The number of aromatic nitrogens is 3. The zero-order valence-corrected chi connectivity index (χ0v) is 17.0. The van der Waals surface area contributed by atoms with Gasteiger partial charge in [0.25, 0.3) is 5.91 Å². The van der Waals surface area contributed by atoms with E-state index in [0.717, 1.165) is 37.9 Å². The highest BCUT2D eigenvalue weighted by Crippen LogP contribution is 2.25. The number of rotatable bonds is 4. The topological polar surface area (TPSA) is 57.5 Å². The summed E-state index contributed by atoms with van der Waals surface area (Å²) in [5, 5.41) is 8.63. The quantitative estimate of drug-likeness (QED) is 0.794. The standard InChI is InChI=1S/C22H30N6O/c29-22(21-15-23-28(24-21)19-9-5-2-6-10-19)27-16-20(17-27)26-13-11-25(12-14-26)18-7-3-1-4-8-18/h2,5-6,9-10,15,18,20H,1,3-4,7-8,11-14,16-17H2. The Labute approximate surface area is 172 Å². The Balaban J connectivity index is 1.11. The second kappa shape index (κ2) is 8.24. The molecule has 7 nitrogen and oxygen atoms in total. The van der Waals surface area contributed by atoms with Gasteiger partial charge in [0.1, 0.15) is 0 Å². The molecule has 0 atom stereocenters. The number of hydrogen-bond donors (Lipinski definition) is 0. The third kappa shape index (κ3) is 3.94. The number of likely N-dealkylation sites (tertiary alicyclic amines) is 1. The van der Waals surface area contributed by atoms with Crippen LogP contribution in [0.25, 0.3) is 5.69 Å². The van der Waals surface area contributed by atoms with Crippen LogP contribution in [0.4, 0.5) is 0 Å². The number of carbonyl (C=O) groups is 1. The van der Waals surface area contributed by atoms with Crippen LogP contribution in [0.15, 0.2) is 36.5 Å². The van der Waals surface area contributed by atoms with E-state index in [1.165, 1.54) is 50.0 Å². The fourth-order valence-electron chi connectivity index (χ4n) is 4.97. The molecule has 5 rings (SSSR count). The van der Waals surface area contributed by atoms with Crippen LogP contribution < -0.4 is 0 Å². The number of benzene rings is 1. The fraction of sp³-hybridized carbons (Fsp3) is 0.591. The Bertz CT molecular complexity index is 817. The number of piperazine rings is 1. The average molecular weight is 395 g/mol. The van der Waals surface area contributed by atoms with Gasteiger partial charge in [-0.15, -0.1) is 5.10 Å². The molecular formula is C22H30N6O. The summed E-state index contributed by atoms with van der Waals surface area (Å²) in [7, 11) is 0. The molecule has 2 saturated heterocycles. The Morgan fingerprint density at radius 3 is 2.21 bits per heavy atom. The highest BCUT2D eigenvalue weighted by Gasteiger charge is 2.38. The van der Waals surface area contributed by atoms with Gasteiger partial charge in [-0.1, -0.05) is 37.5 Å². The first-order valence-electron chi connectivity index (χ1n) is 11.0. The monoisotopic (exact) mass is 394 g/mol. The first kappa shape index (κ1) is 18.8. The number of carbonyl (C=O) groups excluding carboxylic acids is 1. The Morgan fingerprint density at radius 1 is 0.862 bits per heavy atom. The van der Waals surface area contributed by atoms with Crippen LogP contribution in [-0.2, 0) is 0 Å². The molecule has 1 aromatic heterocycles. The second-order valence-electron chi connectivity index (χ2n) is 8.58. The van der Waals surface area contributed by atoms with Crippen molar-refractivity contribution in [2.75, 3.05) is 39.3 Å². The molecule has 3 fully saturated rings. The van der Waals surface area contributed by atoms with E-state index in [2.05, 4.69) is 20.0 Å². The Morgan fingerprint density at radius 2 is 1.52 bits per heavy atom. The molecule has 0 bridgehead atoms. The predicted molar refractivity (Wildman–Crippen MR) is 111 cm³/mol. The van der Waals surface area contributed by atoms with Gasteiger partial charge >= 0.3 is 0 Å². The van der Waals surface area contributed by atoms with Crippen molar-refractivity contribution in [3.05, 3.63) is 42.2 Å². The molecule has 0 spiro atoms. The van der Waals surface area contributed by atoms with Crippen molar-refractivity contribution >= 4 is 5.91 Å². The largest absolute Gasteiger partial charge is 0.334 e. The van der Waals surface area contributed by atoms with E-state index >= 15 is 0 Å². The molecule has 1 aromatic carbocycles. The number of nitrogens with zero attached hydrogens (tertiary/aromatic N) is 6. The van der Waals surface area contributed by atoms with Gasteiger partial charge in [0.2, 0.25) is 0 Å². The lowest BCUT2D eigenvalue weighted by atomic mass is 9.93. The summed E-state index contributed by atoms with van der Waals surface area (Å²) >= 11 is 0. The van der Waals surface area contributed by atoms with Gasteiger partial charge in [0.15, 0.2) is 5.69 Å². The third-order valence-electron chi connectivity index (χ3n) is 6.80. The van der Waals surface area contributed by atoms with Crippen molar-refractivity contribution in [2.24, 2.45) is 0 Å². The third-order valence-corrected chi connectivity index (χ3v) is 6.80. The lowest BCUT2D eigenvalue weighted by Crippen LogP contribution is -2.64. The minimum Gasteiger partial charge on any atom is -0.334 e. The molecule has 0 N–H and O–H groups in total. The molecule has 2 aromatic rings. The summed E-state index contributed by atoms with van der Waals surface area (Å²) in [6.45, 7) is 6.24. The van der Waals surface area contributed by atoms with Crippen molar-refractivity contribution in [1.82, 2.24) is 29.7 Å². The van der Waals surface area contributed by atoms with Crippen LogP contribution in [-0.4, -0.2) is 87.0 Å². The van der Waals surface area contributed by atoms with Gasteiger partial charge in [-0.3, -0.25) is 14.6 Å². The van der Waals surface area contributed by atoms with Crippen LogP contribution in [0.2, 0.25) is 0 Å². The maximum absolute atomic E-state index is 12.7. The van der Waals surface area contributed by atoms with Crippen molar-refractivity contribution in [3.63, 3.8) is 0 Å². The van der Waals surface area contributed by atoms with E-state index in [-0.39, 0.29) is 5.91 Å². The van der Waals surface area contributed by atoms with E-state index < -0.39 is 0 Å². The SMILES string of the molecule is O=C(c1cnn(-c2ccccc2)n1)N1CC(N2CCN(C3CCCCC3)CC2)C1. The molecular weight excluding hydrogens is 364 g/mol. The summed E-state index contributed by atoms with van der Waals surface area (Å²) in [5.41, 5.74) is 1.29. The highest BCUT2D eigenvalue weighted by atomic mass is 16.2. The van der Waals surface area contributed by atoms with Crippen LogP contribution in [0.1, 0.15) is 42.6 Å². The minimum atomic E-state index is -0.00993. The van der Waals surface area contributed by atoms with Gasteiger partial charge in [0.05, 0.1) is 11.9 Å².